The second-order valence-corrected chi connectivity index (χ2v) is 5.98. The average Bonchev–Trinajstić information content (AvgIpc) is 3.10. The maximum Gasteiger partial charge on any atom is 0.309 e. The third-order valence-corrected chi connectivity index (χ3v) is 4.37. The molecule has 1 unspecified atom stereocenters. The Bertz CT molecular complexity index is 489. The zero-order valence-corrected chi connectivity index (χ0v) is 14.1. The molecule has 0 aliphatic carbocycles. The van der Waals surface area contributed by atoms with Crippen LogP contribution in [0.25, 0.3) is 0 Å². The molecule has 0 spiro atoms. The van der Waals surface area contributed by atoms with Gasteiger partial charge in [-0.1, -0.05) is 0 Å². The van der Waals surface area contributed by atoms with Crippen LogP contribution in [0.1, 0.15) is 11.7 Å². The summed E-state index contributed by atoms with van der Waals surface area (Å²) in [5.74, 6) is -1.25. The molecule has 0 saturated carbocycles. The Labute approximate surface area is 139 Å². The van der Waals surface area contributed by atoms with E-state index in [0.717, 1.165) is 38.4 Å². The molecule has 0 radical (unpaired) electrons. The van der Waals surface area contributed by atoms with Crippen molar-refractivity contribution in [2.75, 3.05) is 53.0 Å². The van der Waals surface area contributed by atoms with Gasteiger partial charge in [0.2, 0.25) is 0 Å². The highest BCUT2D eigenvalue weighted by molar-refractivity contribution is 7.07. The molecule has 2 heterocycles. The molecule has 23 heavy (non-hydrogen) atoms. The number of thiophene rings is 1. The number of ether oxygens (including phenoxy) is 2. The Morgan fingerprint density at radius 1 is 1.35 bits per heavy atom. The normalized spacial score (nSPS) is 16.7. The molecular formula is C15H23N3O4S. The van der Waals surface area contributed by atoms with Crippen molar-refractivity contribution in [3.63, 3.8) is 0 Å². The minimum Gasteiger partial charge on any atom is -0.379 e. The van der Waals surface area contributed by atoms with Crippen LogP contribution in [0.15, 0.2) is 16.8 Å². The third-order valence-electron chi connectivity index (χ3n) is 3.67. The van der Waals surface area contributed by atoms with Crippen LogP contribution in [-0.2, 0) is 19.1 Å². The van der Waals surface area contributed by atoms with E-state index in [0.29, 0.717) is 6.54 Å². The van der Waals surface area contributed by atoms with Gasteiger partial charge in [0, 0.05) is 39.8 Å². The lowest BCUT2D eigenvalue weighted by atomic mass is 10.2. The highest BCUT2D eigenvalue weighted by Gasteiger charge is 2.17. The lowest BCUT2D eigenvalue weighted by molar-refractivity contribution is -0.139. The first-order chi connectivity index (χ1) is 11.2. The fraction of sp³-hybridized carbons (Fsp3) is 0.600. The van der Waals surface area contributed by atoms with Gasteiger partial charge in [0.25, 0.3) is 0 Å². The van der Waals surface area contributed by atoms with Gasteiger partial charge < -0.3 is 20.1 Å². The predicted molar refractivity (Wildman–Crippen MR) is 87.3 cm³/mol. The zero-order chi connectivity index (χ0) is 16.5. The second-order valence-electron chi connectivity index (χ2n) is 5.20. The highest BCUT2D eigenvalue weighted by atomic mass is 32.1. The van der Waals surface area contributed by atoms with Crippen LogP contribution in [-0.4, -0.2) is 69.8 Å². The van der Waals surface area contributed by atoms with E-state index in [1.807, 2.05) is 16.8 Å². The predicted octanol–water partition coefficient (Wildman–Crippen LogP) is 0.000200. The number of amides is 2. The van der Waals surface area contributed by atoms with E-state index in [9.17, 15) is 9.59 Å². The maximum atomic E-state index is 11.8. The van der Waals surface area contributed by atoms with Gasteiger partial charge in [-0.2, -0.15) is 11.3 Å². The van der Waals surface area contributed by atoms with Crippen LogP contribution < -0.4 is 10.6 Å². The molecule has 128 valence electrons. The van der Waals surface area contributed by atoms with E-state index in [-0.39, 0.29) is 12.6 Å². The lowest BCUT2D eigenvalue weighted by Crippen LogP contribution is -2.45. The van der Waals surface area contributed by atoms with E-state index in [4.69, 9.17) is 9.47 Å². The molecule has 0 bridgehead atoms. The monoisotopic (exact) mass is 341 g/mol. The standard InChI is InChI=1S/C15H23N3O4S/c1-21-13(12-2-9-23-11-12)10-17-15(20)14(19)16-3-4-18-5-7-22-8-6-18/h2,9,11,13H,3-8,10H2,1H3,(H,16,19)(H,17,20). The van der Waals surface area contributed by atoms with Crippen molar-refractivity contribution in [1.82, 2.24) is 15.5 Å². The molecule has 2 amide bonds. The number of nitrogens with zero attached hydrogens (tertiary/aromatic N) is 1. The van der Waals surface area contributed by atoms with Gasteiger partial charge in [0.05, 0.1) is 13.2 Å². The number of methoxy groups -OCH3 is 1. The Morgan fingerprint density at radius 2 is 2.09 bits per heavy atom. The summed E-state index contributed by atoms with van der Waals surface area (Å²) in [6, 6.07) is 1.94. The number of hydrogen-bond acceptors (Lipinski definition) is 6. The molecule has 1 aliphatic heterocycles. The summed E-state index contributed by atoms with van der Waals surface area (Å²) in [7, 11) is 1.58. The van der Waals surface area contributed by atoms with Crippen LogP contribution in [0.5, 0.6) is 0 Å². The minimum absolute atomic E-state index is 0.244. The molecule has 1 atom stereocenters. The van der Waals surface area contributed by atoms with Crippen molar-refractivity contribution in [1.29, 1.82) is 0 Å². The molecule has 1 aliphatic rings. The highest BCUT2D eigenvalue weighted by Crippen LogP contribution is 2.18. The molecule has 2 N–H and O–H groups in total. The molecule has 1 aromatic rings. The number of hydrogen-bond donors (Lipinski definition) is 2. The molecule has 8 heteroatoms. The fourth-order valence-corrected chi connectivity index (χ4v) is 3.00. The number of carbonyl (C=O) groups excluding carboxylic acids is 2. The van der Waals surface area contributed by atoms with Crippen LogP contribution in [0, 0.1) is 0 Å². The van der Waals surface area contributed by atoms with Gasteiger partial charge >= 0.3 is 11.8 Å². The third kappa shape index (κ3) is 5.91. The second kappa shape index (κ2) is 9.61. The van der Waals surface area contributed by atoms with Crippen molar-refractivity contribution in [2.24, 2.45) is 0 Å². The van der Waals surface area contributed by atoms with Gasteiger partial charge in [0.15, 0.2) is 0 Å². The molecule has 2 rings (SSSR count). The van der Waals surface area contributed by atoms with Crippen LogP contribution in [0.2, 0.25) is 0 Å². The summed E-state index contributed by atoms with van der Waals surface area (Å²) >= 11 is 1.56. The van der Waals surface area contributed by atoms with Gasteiger partial charge in [0.1, 0.15) is 6.10 Å². The molecule has 0 aromatic carbocycles. The summed E-state index contributed by atoms with van der Waals surface area (Å²) in [6.07, 6.45) is -0.244. The lowest BCUT2D eigenvalue weighted by Gasteiger charge is -2.26. The Morgan fingerprint density at radius 3 is 2.74 bits per heavy atom. The van der Waals surface area contributed by atoms with Crippen molar-refractivity contribution in [3.8, 4) is 0 Å². The number of rotatable bonds is 7. The SMILES string of the molecule is COC(CNC(=O)C(=O)NCCN1CCOCC1)c1ccsc1. The van der Waals surface area contributed by atoms with Crippen LogP contribution in [0.3, 0.4) is 0 Å². The first-order valence-corrected chi connectivity index (χ1v) is 8.56. The first kappa shape index (κ1) is 17.9. The molecule has 1 aromatic heterocycles. The number of carbonyl (C=O) groups is 2. The van der Waals surface area contributed by atoms with Crippen molar-refractivity contribution >= 4 is 23.2 Å². The Kier molecular flexibility index (Phi) is 7.47. The first-order valence-electron chi connectivity index (χ1n) is 7.61. The maximum absolute atomic E-state index is 11.8. The van der Waals surface area contributed by atoms with Crippen LogP contribution >= 0.6 is 11.3 Å². The van der Waals surface area contributed by atoms with Crippen molar-refractivity contribution in [3.05, 3.63) is 22.4 Å². The fourth-order valence-electron chi connectivity index (χ4n) is 2.29. The van der Waals surface area contributed by atoms with Crippen molar-refractivity contribution < 1.29 is 19.1 Å². The summed E-state index contributed by atoms with van der Waals surface area (Å²) in [4.78, 5) is 25.8. The van der Waals surface area contributed by atoms with E-state index in [1.54, 1.807) is 18.4 Å². The largest absolute Gasteiger partial charge is 0.379 e. The van der Waals surface area contributed by atoms with Gasteiger partial charge in [-0.3, -0.25) is 14.5 Å². The van der Waals surface area contributed by atoms with Gasteiger partial charge in [-0.05, 0) is 22.4 Å². The Balaban J connectivity index is 1.65. The summed E-state index contributed by atoms with van der Waals surface area (Å²) in [5.41, 5.74) is 0.991. The topological polar surface area (TPSA) is 79.9 Å². The van der Waals surface area contributed by atoms with E-state index < -0.39 is 11.8 Å². The van der Waals surface area contributed by atoms with Crippen molar-refractivity contribution in [2.45, 2.75) is 6.10 Å². The summed E-state index contributed by atoms with van der Waals surface area (Å²) < 4.78 is 10.6. The quantitative estimate of drug-likeness (QED) is 0.683. The molecular weight excluding hydrogens is 318 g/mol. The summed E-state index contributed by atoms with van der Waals surface area (Å²) in [5, 5.41) is 9.15. The van der Waals surface area contributed by atoms with E-state index >= 15 is 0 Å². The smallest absolute Gasteiger partial charge is 0.309 e. The minimum atomic E-state index is -0.635. The average molecular weight is 341 g/mol. The zero-order valence-electron chi connectivity index (χ0n) is 13.2. The van der Waals surface area contributed by atoms with Gasteiger partial charge in [-0.15, -0.1) is 0 Å². The van der Waals surface area contributed by atoms with Crippen LogP contribution in [0.4, 0.5) is 0 Å². The molecule has 7 nitrogen and oxygen atoms in total. The van der Waals surface area contributed by atoms with E-state index in [1.165, 1.54) is 0 Å². The Hall–Kier alpha value is -1.48. The summed E-state index contributed by atoms with van der Waals surface area (Å²) in [6.45, 7) is 4.59. The van der Waals surface area contributed by atoms with E-state index in [2.05, 4.69) is 15.5 Å². The number of morpholine rings is 1. The number of nitrogens with one attached hydrogen (secondary N) is 2. The molecule has 1 fully saturated rings. The van der Waals surface area contributed by atoms with Gasteiger partial charge in [-0.25, -0.2) is 0 Å². The molecule has 1 saturated heterocycles.